The number of nitrogens with one attached hydrogen (secondary N) is 1. The molecule has 1 atom stereocenters. The van der Waals surface area contributed by atoms with Crippen LogP contribution in [-0.2, 0) is 9.09 Å². The fraction of sp³-hybridized carbons (Fsp3) is 0.500. The van der Waals surface area contributed by atoms with Crippen LogP contribution in [0, 0.1) is 5.92 Å². The van der Waals surface area contributed by atoms with Gasteiger partial charge in [0.15, 0.2) is 0 Å². The highest BCUT2D eigenvalue weighted by Gasteiger charge is 2.21. The molecule has 2 aromatic heterocycles. The average molecular weight is 338 g/mol. The molecule has 9 heteroatoms. The summed E-state index contributed by atoms with van der Waals surface area (Å²) in [5.41, 5.74) is 0.370. The van der Waals surface area contributed by atoms with Crippen LogP contribution in [0.15, 0.2) is 23.3 Å². The van der Waals surface area contributed by atoms with E-state index in [1.807, 2.05) is 0 Å². The second kappa shape index (κ2) is 7.21. The van der Waals surface area contributed by atoms with Crippen molar-refractivity contribution in [2.75, 3.05) is 24.6 Å². The molecule has 1 unspecified atom stereocenters. The van der Waals surface area contributed by atoms with Gasteiger partial charge in [0.25, 0.3) is 0 Å². The van der Waals surface area contributed by atoms with Crippen molar-refractivity contribution in [1.29, 1.82) is 0 Å². The second-order valence-electron chi connectivity index (χ2n) is 5.62. The number of pyridine rings is 1. The van der Waals surface area contributed by atoms with Crippen LogP contribution in [-0.4, -0.2) is 39.5 Å². The van der Waals surface area contributed by atoms with Gasteiger partial charge in [-0.3, -0.25) is 9.36 Å². The fourth-order valence-corrected chi connectivity index (χ4v) is 3.25. The van der Waals surface area contributed by atoms with Crippen molar-refractivity contribution in [3.8, 4) is 0 Å². The van der Waals surface area contributed by atoms with Gasteiger partial charge in [0, 0.05) is 19.2 Å². The summed E-state index contributed by atoms with van der Waals surface area (Å²) >= 11 is 0. The van der Waals surface area contributed by atoms with Gasteiger partial charge < -0.3 is 19.3 Å². The standard InChI is InChI=1S/C14H19N4O4P/c19-12-2-1-11-13(17-12)15-9-16-14(11)18-6-3-10(4-7-18)5-8-22-23(20)21/h1-2,9-10,23H,3-8H2,(H,20,21)(H,15,16,17,19). The van der Waals surface area contributed by atoms with Crippen LogP contribution in [0.25, 0.3) is 11.0 Å². The van der Waals surface area contributed by atoms with Crippen molar-refractivity contribution in [1.82, 2.24) is 15.0 Å². The lowest BCUT2D eigenvalue weighted by Gasteiger charge is -2.33. The van der Waals surface area contributed by atoms with E-state index in [4.69, 9.17) is 9.42 Å². The third-order valence-corrected chi connectivity index (χ3v) is 4.62. The van der Waals surface area contributed by atoms with Gasteiger partial charge in [0.05, 0.1) is 12.0 Å². The first-order valence-electron chi connectivity index (χ1n) is 7.58. The van der Waals surface area contributed by atoms with Crippen LogP contribution >= 0.6 is 8.25 Å². The molecule has 1 saturated heterocycles. The van der Waals surface area contributed by atoms with Gasteiger partial charge in [-0.2, -0.15) is 0 Å². The lowest BCUT2D eigenvalue weighted by molar-refractivity contribution is 0.241. The minimum absolute atomic E-state index is 0.177. The first-order valence-corrected chi connectivity index (χ1v) is 8.84. The first kappa shape index (κ1) is 16.1. The Labute approximate surface area is 133 Å². The molecule has 1 aliphatic rings. The van der Waals surface area contributed by atoms with E-state index in [-0.39, 0.29) is 5.56 Å². The molecule has 0 aromatic carbocycles. The molecular weight excluding hydrogens is 319 g/mol. The van der Waals surface area contributed by atoms with Crippen LogP contribution in [0.3, 0.4) is 0 Å². The van der Waals surface area contributed by atoms with Gasteiger partial charge in [0.1, 0.15) is 17.8 Å². The molecule has 1 aliphatic heterocycles. The summed E-state index contributed by atoms with van der Waals surface area (Å²) < 4.78 is 15.3. The number of fused-ring (bicyclic) bond motifs is 1. The lowest BCUT2D eigenvalue weighted by Crippen LogP contribution is -2.34. The topological polar surface area (TPSA) is 108 Å². The summed E-state index contributed by atoms with van der Waals surface area (Å²) in [4.78, 5) is 33.4. The number of hydrogen-bond acceptors (Lipinski definition) is 6. The zero-order chi connectivity index (χ0) is 16.2. The maximum atomic E-state index is 11.4. The zero-order valence-electron chi connectivity index (χ0n) is 12.6. The molecule has 0 spiro atoms. The summed E-state index contributed by atoms with van der Waals surface area (Å²) in [7, 11) is -2.82. The SMILES string of the molecule is O=c1ccc2c(N3CCC(CCO[PH](=O)O)CC3)ncnc2[nH]1. The predicted octanol–water partition coefficient (Wildman–Crippen LogP) is 1.32. The number of nitrogens with zero attached hydrogens (tertiary/aromatic N) is 3. The molecule has 1 fully saturated rings. The van der Waals surface area contributed by atoms with Crippen LogP contribution in [0.4, 0.5) is 5.82 Å². The van der Waals surface area contributed by atoms with Gasteiger partial charge in [-0.05, 0) is 31.2 Å². The highest BCUT2D eigenvalue weighted by Crippen LogP contribution is 2.28. The van der Waals surface area contributed by atoms with Crippen molar-refractivity contribution >= 4 is 25.1 Å². The molecule has 23 heavy (non-hydrogen) atoms. The van der Waals surface area contributed by atoms with E-state index >= 15 is 0 Å². The Morgan fingerprint density at radius 1 is 1.35 bits per heavy atom. The predicted molar refractivity (Wildman–Crippen MR) is 86.9 cm³/mol. The number of H-pyrrole nitrogens is 1. The van der Waals surface area contributed by atoms with E-state index in [0.29, 0.717) is 18.2 Å². The number of aromatic amines is 1. The van der Waals surface area contributed by atoms with Crippen molar-refractivity contribution < 1.29 is 14.0 Å². The molecule has 0 bridgehead atoms. The second-order valence-corrected chi connectivity index (χ2v) is 6.44. The Bertz CT molecular complexity index is 758. The molecule has 2 N–H and O–H groups in total. The quantitative estimate of drug-likeness (QED) is 0.792. The Kier molecular flexibility index (Phi) is 5.05. The number of anilines is 1. The molecule has 0 amide bonds. The molecule has 2 aromatic rings. The Morgan fingerprint density at radius 2 is 2.13 bits per heavy atom. The summed E-state index contributed by atoms with van der Waals surface area (Å²) in [5, 5.41) is 0.841. The van der Waals surface area contributed by atoms with Gasteiger partial charge in [0.2, 0.25) is 5.56 Å². The lowest BCUT2D eigenvalue weighted by atomic mass is 9.94. The maximum Gasteiger partial charge on any atom is 0.316 e. The summed E-state index contributed by atoms with van der Waals surface area (Å²) in [6.07, 6.45) is 4.21. The molecule has 124 valence electrons. The Hall–Kier alpha value is -1.76. The van der Waals surface area contributed by atoms with Crippen molar-refractivity contribution in [2.24, 2.45) is 5.92 Å². The number of piperidine rings is 1. The molecular formula is C14H19N4O4P. The molecule has 3 heterocycles. The van der Waals surface area contributed by atoms with Crippen LogP contribution < -0.4 is 10.5 Å². The minimum atomic E-state index is -2.82. The summed E-state index contributed by atoms with van der Waals surface area (Å²) in [6, 6.07) is 3.23. The van der Waals surface area contributed by atoms with Crippen molar-refractivity contribution in [2.45, 2.75) is 19.3 Å². The average Bonchev–Trinajstić information content (AvgIpc) is 2.54. The van der Waals surface area contributed by atoms with Crippen molar-refractivity contribution in [3.05, 3.63) is 28.8 Å². The third-order valence-electron chi connectivity index (χ3n) is 4.17. The summed E-state index contributed by atoms with van der Waals surface area (Å²) in [6.45, 7) is 2.03. The van der Waals surface area contributed by atoms with Crippen LogP contribution in [0.1, 0.15) is 19.3 Å². The Balaban J connectivity index is 1.66. The van der Waals surface area contributed by atoms with Gasteiger partial charge in [-0.1, -0.05) is 0 Å². The smallest absolute Gasteiger partial charge is 0.316 e. The monoisotopic (exact) mass is 338 g/mol. The first-order chi connectivity index (χ1) is 11.1. The largest absolute Gasteiger partial charge is 0.356 e. The van der Waals surface area contributed by atoms with E-state index in [1.165, 1.54) is 12.4 Å². The Morgan fingerprint density at radius 3 is 2.87 bits per heavy atom. The van der Waals surface area contributed by atoms with Crippen LogP contribution in [0.5, 0.6) is 0 Å². The number of hydrogen-bond donors (Lipinski definition) is 2. The van der Waals surface area contributed by atoms with E-state index in [1.54, 1.807) is 6.07 Å². The van der Waals surface area contributed by atoms with Crippen molar-refractivity contribution in [3.63, 3.8) is 0 Å². The third kappa shape index (κ3) is 3.96. The normalized spacial score (nSPS) is 17.5. The minimum Gasteiger partial charge on any atom is -0.356 e. The number of aromatic nitrogens is 3. The van der Waals surface area contributed by atoms with Gasteiger partial charge in [-0.25, -0.2) is 9.97 Å². The van der Waals surface area contributed by atoms with E-state index < -0.39 is 8.25 Å². The summed E-state index contributed by atoms with van der Waals surface area (Å²) in [5.74, 6) is 1.32. The van der Waals surface area contributed by atoms with E-state index in [9.17, 15) is 9.36 Å². The fourth-order valence-electron chi connectivity index (χ4n) is 2.96. The molecule has 0 radical (unpaired) electrons. The highest BCUT2D eigenvalue weighted by molar-refractivity contribution is 7.32. The van der Waals surface area contributed by atoms with Gasteiger partial charge >= 0.3 is 8.25 Å². The zero-order valence-corrected chi connectivity index (χ0v) is 13.6. The number of rotatable bonds is 5. The van der Waals surface area contributed by atoms with E-state index in [0.717, 1.165) is 43.6 Å². The maximum absolute atomic E-state index is 11.4. The molecule has 3 rings (SSSR count). The molecule has 0 aliphatic carbocycles. The molecule has 0 saturated carbocycles. The van der Waals surface area contributed by atoms with Gasteiger partial charge in [-0.15, -0.1) is 0 Å². The van der Waals surface area contributed by atoms with Crippen LogP contribution in [0.2, 0.25) is 0 Å². The molecule has 8 nitrogen and oxygen atoms in total. The highest BCUT2D eigenvalue weighted by atomic mass is 31.1. The van der Waals surface area contributed by atoms with E-state index in [2.05, 4.69) is 19.9 Å².